The van der Waals surface area contributed by atoms with Crippen LogP contribution in [0.3, 0.4) is 0 Å². The van der Waals surface area contributed by atoms with Crippen LogP contribution in [-0.2, 0) is 6.54 Å². The minimum atomic E-state index is 0. The maximum Gasteiger partial charge on any atom is 0.231 e. The molecule has 1 atom stereocenters. The predicted octanol–water partition coefficient (Wildman–Crippen LogP) is 2.96. The Balaban J connectivity index is 0.00000243. The van der Waals surface area contributed by atoms with Crippen molar-refractivity contribution in [3.05, 3.63) is 23.8 Å². The maximum atomic E-state index is 5.44. The molecule has 0 amide bonds. The number of hydrogen-bond donors (Lipinski definition) is 2. The number of hydrogen-bond acceptors (Lipinski definition) is 4. The molecular formula is C19H31IN4O2. The largest absolute Gasteiger partial charge is 0.454 e. The molecule has 2 aliphatic rings. The van der Waals surface area contributed by atoms with E-state index < -0.39 is 0 Å². The third-order valence-corrected chi connectivity index (χ3v) is 4.86. The van der Waals surface area contributed by atoms with Crippen molar-refractivity contribution in [1.82, 2.24) is 15.5 Å². The molecule has 1 aromatic carbocycles. The Morgan fingerprint density at radius 3 is 2.85 bits per heavy atom. The van der Waals surface area contributed by atoms with Gasteiger partial charge in [0.05, 0.1) is 6.54 Å². The number of ether oxygens (including phenoxy) is 2. The molecule has 3 rings (SSSR count). The van der Waals surface area contributed by atoms with Crippen LogP contribution in [0.4, 0.5) is 0 Å². The van der Waals surface area contributed by atoms with E-state index in [-0.39, 0.29) is 24.0 Å². The lowest BCUT2D eigenvalue weighted by Gasteiger charge is -2.35. The summed E-state index contributed by atoms with van der Waals surface area (Å²) in [4.78, 5) is 7.29. The zero-order chi connectivity index (χ0) is 17.5. The zero-order valence-corrected chi connectivity index (χ0v) is 18.1. The van der Waals surface area contributed by atoms with Crippen molar-refractivity contribution in [2.75, 3.05) is 33.0 Å². The standard InChI is InChI=1S/C19H30N4O2.HI/c1-3-20-19(22-13-16-7-5-6-10-23(16)4-2)21-12-15-8-9-17-18(11-15)25-14-24-17;/h8-9,11,16H,3-7,10,12-14H2,1-2H3,(H2,20,21,22);1H. The van der Waals surface area contributed by atoms with Crippen molar-refractivity contribution < 1.29 is 9.47 Å². The molecular weight excluding hydrogens is 443 g/mol. The molecule has 146 valence electrons. The molecule has 1 fully saturated rings. The second kappa shape index (κ2) is 10.8. The number of benzene rings is 1. The van der Waals surface area contributed by atoms with Crippen LogP contribution < -0.4 is 20.1 Å². The number of guanidine groups is 1. The first-order valence-corrected chi connectivity index (χ1v) is 9.45. The van der Waals surface area contributed by atoms with E-state index >= 15 is 0 Å². The summed E-state index contributed by atoms with van der Waals surface area (Å²) in [5.74, 6) is 2.50. The molecule has 7 heteroatoms. The number of nitrogens with one attached hydrogen (secondary N) is 2. The lowest BCUT2D eigenvalue weighted by molar-refractivity contribution is 0.157. The first-order chi connectivity index (χ1) is 12.3. The topological polar surface area (TPSA) is 58.1 Å². The zero-order valence-electron chi connectivity index (χ0n) is 15.8. The van der Waals surface area contributed by atoms with Gasteiger partial charge < -0.3 is 20.1 Å². The van der Waals surface area contributed by atoms with Crippen LogP contribution in [0, 0.1) is 0 Å². The van der Waals surface area contributed by atoms with Gasteiger partial charge in [0.25, 0.3) is 0 Å². The minimum Gasteiger partial charge on any atom is -0.454 e. The quantitative estimate of drug-likeness (QED) is 0.377. The van der Waals surface area contributed by atoms with Gasteiger partial charge in [-0.3, -0.25) is 4.90 Å². The van der Waals surface area contributed by atoms with E-state index in [4.69, 9.17) is 14.5 Å². The van der Waals surface area contributed by atoms with Gasteiger partial charge >= 0.3 is 0 Å². The normalized spacial score (nSPS) is 19.8. The molecule has 0 radical (unpaired) electrons. The Labute approximate surface area is 173 Å². The van der Waals surface area contributed by atoms with Crippen molar-refractivity contribution in [2.24, 2.45) is 4.99 Å². The van der Waals surface area contributed by atoms with Gasteiger partial charge in [-0.15, -0.1) is 24.0 Å². The van der Waals surface area contributed by atoms with Gasteiger partial charge in [0.15, 0.2) is 17.5 Å². The molecule has 1 unspecified atom stereocenters. The van der Waals surface area contributed by atoms with Crippen LogP contribution in [0.2, 0.25) is 0 Å². The Bertz CT molecular complexity index is 597. The second-order valence-electron chi connectivity index (χ2n) is 6.54. The Morgan fingerprint density at radius 1 is 1.19 bits per heavy atom. The van der Waals surface area contributed by atoms with Crippen molar-refractivity contribution >= 4 is 29.9 Å². The van der Waals surface area contributed by atoms with Gasteiger partial charge in [-0.1, -0.05) is 19.4 Å². The summed E-state index contributed by atoms with van der Waals surface area (Å²) in [5.41, 5.74) is 1.12. The Kier molecular flexibility index (Phi) is 8.77. The molecule has 2 aliphatic heterocycles. The summed E-state index contributed by atoms with van der Waals surface area (Å²) in [5, 5.41) is 6.86. The van der Waals surface area contributed by atoms with Crippen LogP contribution in [0.15, 0.2) is 23.2 Å². The smallest absolute Gasteiger partial charge is 0.231 e. The highest BCUT2D eigenvalue weighted by molar-refractivity contribution is 14.0. The molecule has 0 spiro atoms. The lowest BCUT2D eigenvalue weighted by Crippen LogP contribution is -2.49. The molecule has 1 saturated heterocycles. The van der Waals surface area contributed by atoms with E-state index in [0.717, 1.165) is 42.7 Å². The van der Waals surface area contributed by atoms with Gasteiger partial charge in [0.1, 0.15) is 0 Å². The summed E-state index contributed by atoms with van der Waals surface area (Å²) in [6.07, 6.45) is 3.92. The van der Waals surface area contributed by atoms with Gasteiger partial charge in [-0.05, 0) is 50.6 Å². The van der Waals surface area contributed by atoms with Crippen LogP contribution in [0.1, 0.15) is 38.7 Å². The van der Waals surface area contributed by atoms with Crippen LogP contribution >= 0.6 is 24.0 Å². The summed E-state index contributed by atoms with van der Waals surface area (Å²) in [7, 11) is 0. The molecule has 2 heterocycles. The third kappa shape index (κ3) is 5.64. The average Bonchev–Trinajstić information content (AvgIpc) is 3.12. The molecule has 0 saturated carbocycles. The number of nitrogens with zero attached hydrogens (tertiary/aromatic N) is 2. The monoisotopic (exact) mass is 474 g/mol. The van der Waals surface area contributed by atoms with E-state index in [1.807, 2.05) is 18.2 Å². The Morgan fingerprint density at radius 2 is 2.04 bits per heavy atom. The highest BCUT2D eigenvalue weighted by Gasteiger charge is 2.20. The summed E-state index contributed by atoms with van der Waals surface area (Å²) >= 11 is 0. The molecule has 26 heavy (non-hydrogen) atoms. The average molecular weight is 474 g/mol. The van der Waals surface area contributed by atoms with Gasteiger partial charge in [-0.2, -0.15) is 0 Å². The van der Waals surface area contributed by atoms with Crippen LogP contribution in [0.5, 0.6) is 11.5 Å². The van der Waals surface area contributed by atoms with Gasteiger partial charge in [0.2, 0.25) is 6.79 Å². The number of halogens is 1. The first-order valence-electron chi connectivity index (χ1n) is 9.45. The van der Waals surface area contributed by atoms with E-state index in [9.17, 15) is 0 Å². The van der Waals surface area contributed by atoms with E-state index in [1.54, 1.807) is 0 Å². The minimum absolute atomic E-state index is 0. The number of piperidine rings is 1. The Hall–Kier alpha value is -1.22. The second-order valence-corrected chi connectivity index (χ2v) is 6.54. The van der Waals surface area contributed by atoms with Gasteiger partial charge in [-0.25, -0.2) is 4.99 Å². The summed E-state index contributed by atoms with van der Waals surface area (Å²) < 4.78 is 10.8. The van der Waals surface area contributed by atoms with E-state index in [2.05, 4.69) is 29.4 Å². The predicted molar refractivity (Wildman–Crippen MR) is 116 cm³/mol. The van der Waals surface area contributed by atoms with Crippen LogP contribution in [-0.4, -0.2) is 49.9 Å². The van der Waals surface area contributed by atoms with Crippen molar-refractivity contribution in [3.63, 3.8) is 0 Å². The summed E-state index contributed by atoms with van der Waals surface area (Å²) in [6, 6.07) is 6.61. The SMILES string of the molecule is CCNC(=NCc1ccc2c(c1)OCO2)NCC1CCCCN1CC.I. The lowest BCUT2D eigenvalue weighted by atomic mass is 10.0. The molecule has 0 aliphatic carbocycles. The number of fused-ring (bicyclic) bond motifs is 1. The highest BCUT2D eigenvalue weighted by atomic mass is 127. The molecule has 1 aromatic rings. The fraction of sp³-hybridized carbons (Fsp3) is 0.632. The number of likely N-dealkylation sites (tertiary alicyclic amines) is 1. The van der Waals surface area contributed by atoms with E-state index in [1.165, 1.54) is 25.8 Å². The number of rotatable bonds is 6. The molecule has 6 nitrogen and oxygen atoms in total. The third-order valence-electron chi connectivity index (χ3n) is 4.86. The number of aliphatic imine (C=N–C) groups is 1. The summed E-state index contributed by atoms with van der Waals surface area (Å²) in [6.45, 7) is 9.41. The molecule has 2 N–H and O–H groups in total. The number of likely N-dealkylation sites (N-methyl/N-ethyl adjacent to an activating group) is 1. The van der Waals surface area contributed by atoms with Gasteiger partial charge in [0, 0.05) is 19.1 Å². The van der Waals surface area contributed by atoms with Crippen molar-refractivity contribution in [1.29, 1.82) is 0 Å². The van der Waals surface area contributed by atoms with Crippen molar-refractivity contribution in [3.8, 4) is 11.5 Å². The van der Waals surface area contributed by atoms with Crippen molar-refractivity contribution in [2.45, 2.75) is 45.7 Å². The first kappa shape index (κ1) is 21.1. The maximum absolute atomic E-state index is 5.44. The van der Waals surface area contributed by atoms with Crippen LogP contribution in [0.25, 0.3) is 0 Å². The fourth-order valence-electron chi connectivity index (χ4n) is 3.47. The molecule has 0 bridgehead atoms. The van der Waals surface area contributed by atoms with E-state index in [0.29, 0.717) is 19.4 Å². The fourth-order valence-corrected chi connectivity index (χ4v) is 3.47. The highest BCUT2D eigenvalue weighted by Crippen LogP contribution is 2.32. The molecule has 0 aromatic heterocycles.